The van der Waals surface area contributed by atoms with E-state index in [9.17, 15) is 4.79 Å². The van der Waals surface area contributed by atoms with Gasteiger partial charge in [0.15, 0.2) is 5.82 Å². The number of aromatic nitrogens is 2. The highest BCUT2D eigenvalue weighted by molar-refractivity contribution is 5.89. The van der Waals surface area contributed by atoms with Crippen molar-refractivity contribution in [3.8, 4) is 5.88 Å². The van der Waals surface area contributed by atoms with Crippen molar-refractivity contribution in [1.29, 1.82) is 0 Å². The summed E-state index contributed by atoms with van der Waals surface area (Å²) in [6.45, 7) is 7.69. The fraction of sp³-hybridized carbons (Fsp3) is 0.476. The number of carbonyl (C=O) groups excluding carboxylic acids is 1. The number of amides is 2. The Labute approximate surface area is 166 Å². The third-order valence-corrected chi connectivity index (χ3v) is 4.81. The molecule has 1 fully saturated rings. The van der Waals surface area contributed by atoms with Gasteiger partial charge in [-0.2, -0.15) is 0 Å². The molecule has 2 aromatic rings. The van der Waals surface area contributed by atoms with Gasteiger partial charge in [-0.05, 0) is 29.2 Å². The van der Waals surface area contributed by atoms with Gasteiger partial charge in [0.05, 0.1) is 6.54 Å². The van der Waals surface area contributed by atoms with E-state index in [2.05, 4.69) is 48.4 Å². The van der Waals surface area contributed by atoms with Crippen LogP contribution in [0.15, 0.2) is 36.4 Å². The molecule has 1 aliphatic heterocycles. The van der Waals surface area contributed by atoms with E-state index < -0.39 is 0 Å². The fourth-order valence-electron chi connectivity index (χ4n) is 3.05. The molecule has 7 heteroatoms. The smallest absolute Gasteiger partial charge is 0.321 e. The van der Waals surface area contributed by atoms with Crippen LogP contribution in [0.3, 0.4) is 0 Å². The van der Waals surface area contributed by atoms with E-state index >= 15 is 0 Å². The summed E-state index contributed by atoms with van der Waals surface area (Å²) in [5.74, 6) is 1.26. The van der Waals surface area contributed by atoms with E-state index in [1.807, 2.05) is 43.3 Å². The Hall–Kier alpha value is -2.83. The molecule has 1 aliphatic rings. The summed E-state index contributed by atoms with van der Waals surface area (Å²) in [6.07, 6.45) is 0.696. The number of likely N-dealkylation sites (tertiary alicyclic amines) is 1. The first kappa shape index (κ1) is 19.9. The van der Waals surface area contributed by atoms with Crippen LogP contribution in [-0.2, 0) is 5.41 Å². The molecule has 0 saturated carbocycles. The van der Waals surface area contributed by atoms with Gasteiger partial charge in [-0.3, -0.25) is 0 Å². The van der Waals surface area contributed by atoms with Crippen molar-refractivity contribution in [3.05, 3.63) is 42.0 Å². The third kappa shape index (κ3) is 4.91. The van der Waals surface area contributed by atoms with Crippen LogP contribution in [0, 0.1) is 0 Å². The number of benzene rings is 1. The third-order valence-electron chi connectivity index (χ3n) is 4.81. The molecule has 1 atom stereocenters. The first-order valence-electron chi connectivity index (χ1n) is 9.56. The van der Waals surface area contributed by atoms with Gasteiger partial charge in [-0.25, -0.2) is 4.79 Å². The van der Waals surface area contributed by atoms with Gasteiger partial charge in [-0.1, -0.05) is 32.9 Å². The minimum atomic E-state index is -0.108. The number of rotatable bonds is 4. The summed E-state index contributed by atoms with van der Waals surface area (Å²) in [6, 6.07) is 11.6. The van der Waals surface area contributed by atoms with Gasteiger partial charge < -0.3 is 19.9 Å². The number of anilines is 2. The van der Waals surface area contributed by atoms with Crippen molar-refractivity contribution in [2.45, 2.75) is 38.7 Å². The highest BCUT2D eigenvalue weighted by Crippen LogP contribution is 2.24. The van der Waals surface area contributed by atoms with Crippen molar-refractivity contribution in [2.24, 2.45) is 0 Å². The molecule has 1 unspecified atom stereocenters. The SMILES string of the molecule is CN(C)c1ccc(OC2CCN(C(=O)Nc3ccc(C(C)(C)C)cc3)C2)nn1. The molecular weight excluding hydrogens is 354 g/mol. The Balaban J connectivity index is 1.52. The van der Waals surface area contributed by atoms with Crippen LogP contribution in [0.1, 0.15) is 32.8 Å². The second-order valence-corrected chi connectivity index (χ2v) is 8.36. The topological polar surface area (TPSA) is 70.6 Å². The van der Waals surface area contributed by atoms with Gasteiger partial charge in [0, 0.05) is 38.8 Å². The zero-order valence-corrected chi connectivity index (χ0v) is 17.3. The number of carbonyl (C=O) groups is 1. The molecule has 1 aromatic heterocycles. The van der Waals surface area contributed by atoms with Crippen molar-refractivity contribution >= 4 is 17.5 Å². The quantitative estimate of drug-likeness (QED) is 0.875. The second kappa shape index (κ2) is 8.04. The van der Waals surface area contributed by atoms with Crippen LogP contribution in [0.5, 0.6) is 5.88 Å². The minimum absolute atomic E-state index is 0.0754. The average Bonchev–Trinajstić information content (AvgIpc) is 3.10. The lowest BCUT2D eigenvalue weighted by Crippen LogP contribution is -2.34. The van der Waals surface area contributed by atoms with Gasteiger partial charge in [0.1, 0.15) is 6.10 Å². The van der Waals surface area contributed by atoms with Gasteiger partial charge in [0.2, 0.25) is 5.88 Å². The van der Waals surface area contributed by atoms with Crippen LogP contribution in [0.2, 0.25) is 0 Å². The summed E-state index contributed by atoms with van der Waals surface area (Å²) < 4.78 is 5.88. The normalized spacial score (nSPS) is 16.8. The van der Waals surface area contributed by atoms with Crippen LogP contribution in [-0.4, -0.2) is 54.4 Å². The van der Waals surface area contributed by atoms with E-state index in [-0.39, 0.29) is 17.6 Å². The number of ether oxygens (including phenoxy) is 1. The summed E-state index contributed by atoms with van der Waals surface area (Å²) in [5, 5.41) is 11.2. The second-order valence-electron chi connectivity index (χ2n) is 8.36. The van der Waals surface area contributed by atoms with Crippen molar-refractivity contribution in [3.63, 3.8) is 0 Å². The first-order valence-corrected chi connectivity index (χ1v) is 9.56. The molecule has 7 nitrogen and oxygen atoms in total. The van der Waals surface area contributed by atoms with Gasteiger partial charge >= 0.3 is 6.03 Å². The number of urea groups is 1. The Bertz CT molecular complexity index is 797. The standard InChI is InChI=1S/C21H29N5O2/c1-21(2,3)15-6-8-16(9-7-15)22-20(27)26-13-12-17(14-26)28-19-11-10-18(23-24-19)25(4)5/h6-11,17H,12-14H2,1-5H3,(H,22,27). The first-order chi connectivity index (χ1) is 13.2. The minimum Gasteiger partial charge on any atom is -0.471 e. The van der Waals surface area contributed by atoms with Crippen molar-refractivity contribution in [1.82, 2.24) is 15.1 Å². The molecule has 0 aliphatic carbocycles. The highest BCUT2D eigenvalue weighted by Gasteiger charge is 2.28. The number of hydrogen-bond donors (Lipinski definition) is 1. The number of nitrogens with zero attached hydrogens (tertiary/aromatic N) is 4. The molecule has 2 heterocycles. The van der Waals surface area contributed by atoms with Gasteiger partial charge in [-0.15, -0.1) is 10.2 Å². The molecule has 150 valence electrons. The van der Waals surface area contributed by atoms with E-state index in [4.69, 9.17) is 4.74 Å². The lowest BCUT2D eigenvalue weighted by atomic mass is 9.87. The predicted octanol–water partition coefficient (Wildman–Crippen LogP) is 3.53. The Morgan fingerprint density at radius 1 is 1.14 bits per heavy atom. The Kier molecular flexibility index (Phi) is 5.72. The Morgan fingerprint density at radius 3 is 2.43 bits per heavy atom. The maximum atomic E-state index is 12.5. The lowest BCUT2D eigenvalue weighted by molar-refractivity contribution is 0.188. The molecule has 3 rings (SSSR count). The summed E-state index contributed by atoms with van der Waals surface area (Å²) >= 11 is 0. The summed E-state index contributed by atoms with van der Waals surface area (Å²) in [4.78, 5) is 16.2. The molecule has 1 saturated heterocycles. The molecule has 0 spiro atoms. The molecule has 1 aromatic carbocycles. The van der Waals surface area contributed by atoms with Crippen LogP contribution in [0.25, 0.3) is 0 Å². The largest absolute Gasteiger partial charge is 0.471 e. The maximum Gasteiger partial charge on any atom is 0.321 e. The fourth-order valence-corrected chi connectivity index (χ4v) is 3.05. The molecule has 1 N–H and O–H groups in total. The molecule has 28 heavy (non-hydrogen) atoms. The average molecular weight is 383 g/mol. The number of nitrogens with one attached hydrogen (secondary N) is 1. The lowest BCUT2D eigenvalue weighted by Gasteiger charge is -2.20. The van der Waals surface area contributed by atoms with E-state index in [0.29, 0.717) is 19.0 Å². The Morgan fingerprint density at radius 2 is 1.86 bits per heavy atom. The molecular formula is C21H29N5O2. The van der Waals surface area contributed by atoms with Gasteiger partial charge in [0.25, 0.3) is 0 Å². The zero-order chi connectivity index (χ0) is 20.3. The maximum absolute atomic E-state index is 12.5. The van der Waals surface area contributed by atoms with E-state index in [0.717, 1.165) is 17.9 Å². The molecule has 2 amide bonds. The monoisotopic (exact) mass is 383 g/mol. The predicted molar refractivity (Wildman–Crippen MR) is 111 cm³/mol. The summed E-state index contributed by atoms with van der Waals surface area (Å²) in [7, 11) is 3.82. The highest BCUT2D eigenvalue weighted by atomic mass is 16.5. The van der Waals surface area contributed by atoms with Crippen LogP contribution in [0.4, 0.5) is 16.3 Å². The van der Waals surface area contributed by atoms with E-state index in [1.165, 1.54) is 5.56 Å². The summed E-state index contributed by atoms with van der Waals surface area (Å²) in [5.41, 5.74) is 2.13. The van der Waals surface area contributed by atoms with Crippen molar-refractivity contribution < 1.29 is 9.53 Å². The van der Waals surface area contributed by atoms with Crippen LogP contribution < -0.4 is 15.0 Å². The molecule has 0 radical (unpaired) electrons. The van der Waals surface area contributed by atoms with Crippen molar-refractivity contribution in [2.75, 3.05) is 37.4 Å². The zero-order valence-electron chi connectivity index (χ0n) is 17.3. The van der Waals surface area contributed by atoms with E-state index in [1.54, 1.807) is 4.90 Å². The number of hydrogen-bond acceptors (Lipinski definition) is 5. The molecule has 0 bridgehead atoms. The van der Waals surface area contributed by atoms with Crippen LogP contribution >= 0.6 is 0 Å².